The average molecular weight is 395 g/mol. The van der Waals surface area contributed by atoms with Gasteiger partial charge >= 0.3 is 0 Å². The number of carbonyl (C=O) groups excluding carboxylic acids is 2. The number of carbonyl (C=O) groups is 2. The molecule has 0 atom stereocenters. The summed E-state index contributed by atoms with van der Waals surface area (Å²) in [6.07, 6.45) is 0. The molecule has 0 saturated carbocycles. The zero-order valence-corrected chi connectivity index (χ0v) is 16.8. The molecule has 0 fully saturated rings. The number of ketones is 1. The Morgan fingerprint density at radius 3 is 2.46 bits per heavy atom. The van der Waals surface area contributed by atoms with E-state index in [0.717, 1.165) is 11.1 Å². The molecule has 0 spiro atoms. The van der Waals surface area contributed by atoms with E-state index < -0.39 is 0 Å². The second-order valence-electron chi connectivity index (χ2n) is 6.35. The third kappa shape index (κ3) is 4.78. The van der Waals surface area contributed by atoms with Crippen LogP contribution in [0, 0.1) is 6.92 Å². The number of benzene rings is 2. The molecule has 3 aromatic rings. The Hall–Kier alpha value is -3.12. The Bertz CT molecular complexity index is 992. The van der Waals surface area contributed by atoms with E-state index in [1.54, 1.807) is 31.4 Å². The average Bonchev–Trinajstić information content (AvgIpc) is 3.16. The predicted molar refractivity (Wildman–Crippen MR) is 111 cm³/mol. The standard InChI is InChI=1S/C22H21NO4S/c1-14-4-9-19(20(10-14)26-3)27-12-16-11-21(28-13-16)22(25)23-18-7-5-17(6-8-18)15(2)24/h4-11,13H,12H2,1-3H3,(H,23,25). The van der Waals surface area contributed by atoms with Crippen LogP contribution in [0.1, 0.15) is 38.1 Å². The number of hydrogen-bond acceptors (Lipinski definition) is 5. The fourth-order valence-corrected chi connectivity index (χ4v) is 3.40. The van der Waals surface area contributed by atoms with E-state index in [2.05, 4.69) is 5.32 Å². The Kier molecular flexibility index (Phi) is 6.11. The van der Waals surface area contributed by atoms with E-state index in [1.807, 2.05) is 36.6 Å². The highest BCUT2D eigenvalue weighted by Gasteiger charge is 2.11. The third-order valence-electron chi connectivity index (χ3n) is 4.14. The second kappa shape index (κ2) is 8.71. The van der Waals surface area contributed by atoms with Crippen LogP contribution < -0.4 is 14.8 Å². The Balaban J connectivity index is 1.62. The van der Waals surface area contributed by atoms with Crippen molar-refractivity contribution in [2.45, 2.75) is 20.5 Å². The molecule has 28 heavy (non-hydrogen) atoms. The van der Waals surface area contributed by atoms with Crippen molar-refractivity contribution in [3.8, 4) is 11.5 Å². The zero-order chi connectivity index (χ0) is 20.1. The predicted octanol–water partition coefficient (Wildman–Crippen LogP) is 5.10. The molecule has 0 radical (unpaired) electrons. The number of rotatable bonds is 7. The van der Waals surface area contributed by atoms with Crippen molar-refractivity contribution < 1.29 is 19.1 Å². The number of ether oxygens (including phenoxy) is 2. The lowest BCUT2D eigenvalue weighted by atomic mass is 10.1. The molecule has 3 rings (SSSR count). The highest BCUT2D eigenvalue weighted by Crippen LogP contribution is 2.29. The van der Waals surface area contributed by atoms with Crippen molar-refractivity contribution in [1.82, 2.24) is 0 Å². The highest BCUT2D eigenvalue weighted by atomic mass is 32.1. The minimum absolute atomic E-state index is 0.00835. The van der Waals surface area contributed by atoms with Gasteiger partial charge in [0.15, 0.2) is 17.3 Å². The van der Waals surface area contributed by atoms with E-state index in [-0.39, 0.29) is 11.7 Å². The van der Waals surface area contributed by atoms with Crippen LogP contribution in [0.4, 0.5) is 5.69 Å². The van der Waals surface area contributed by atoms with Crippen molar-refractivity contribution in [2.24, 2.45) is 0 Å². The first-order chi connectivity index (χ1) is 13.5. The summed E-state index contributed by atoms with van der Waals surface area (Å²) in [4.78, 5) is 24.3. The van der Waals surface area contributed by atoms with Crippen LogP contribution in [0.2, 0.25) is 0 Å². The summed E-state index contributed by atoms with van der Waals surface area (Å²) in [5.74, 6) is 1.14. The van der Waals surface area contributed by atoms with E-state index in [0.29, 0.717) is 34.2 Å². The van der Waals surface area contributed by atoms with E-state index in [9.17, 15) is 9.59 Å². The summed E-state index contributed by atoms with van der Waals surface area (Å²) in [7, 11) is 1.61. The molecular formula is C22H21NO4S. The number of thiophene rings is 1. The van der Waals surface area contributed by atoms with E-state index in [4.69, 9.17) is 9.47 Å². The normalized spacial score (nSPS) is 10.4. The number of aryl methyl sites for hydroxylation is 1. The molecule has 144 valence electrons. The maximum Gasteiger partial charge on any atom is 0.265 e. The molecule has 0 unspecified atom stereocenters. The van der Waals surface area contributed by atoms with Crippen LogP contribution >= 0.6 is 11.3 Å². The minimum Gasteiger partial charge on any atom is -0.493 e. The molecule has 1 N–H and O–H groups in total. The number of Topliss-reactive ketones (excluding diaryl/α,β-unsaturated/α-hetero) is 1. The molecule has 0 bridgehead atoms. The molecule has 2 aromatic carbocycles. The lowest BCUT2D eigenvalue weighted by Gasteiger charge is -2.10. The van der Waals surface area contributed by atoms with Crippen LogP contribution in [-0.2, 0) is 6.61 Å². The molecule has 1 aromatic heterocycles. The van der Waals surface area contributed by atoms with Gasteiger partial charge in [-0.2, -0.15) is 0 Å². The van der Waals surface area contributed by atoms with Gasteiger partial charge in [-0.3, -0.25) is 9.59 Å². The Labute approximate surface area is 167 Å². The number of methoxy groups -OCH3 is 1. The maximum atomic E-state index is 12.4. The molecule has 0 aliphatic carbocycles. The number of nitrogens with one attached hydrogen (secondary N) is 1. The first kappa shape index (κ1) is 19.6. The summed E-state index contributed by atoms with van der Waals surface area (Å²) in [6.45, 7) is 3.84. The third-order valence-corrected chi connectivity index (χ3v) is 5.12. The SMILES string of the molecule is COc1cc(C)ccc1OCc1csc(C(=O)Nc2ccc(C(C)=O)cc2)c1. The lowest BCUT2D eigenvalue weighted by molar-refractivity contribution is 0.101. The van der Waals surface area contributed by atoms with Crippen molar-refractivity contribution >= 4 is 28.7 Å². The quantitative estimate of drug-likeness (QED) is 0.565. The summed E-state index contributed by atoms with van der Waals surface area (Å²) < 4.78 is 11.2. The van der Waals surface area contributed by atoms with E-state index >= 15 is 0 Å². The van der Waals surface area contributed by atoms with Crippen LogP contribution in [0.15, 0.2) is 53.9 Å². The fraction of sp³-hybridized carbons (Fsp3) is 0.182. The van der Waals surface area contributed by atoms with Crippen molar-refractivity contribution in [3.05, 3.63) is 75.5 Å². The Morgan fingerprint density at radius 2 is 1.79 bits per heavy atom. The molecule has 0 saturated heterocycles. The van der Waals surface area contributed by atoms with Gasteiger partial charge in [0.2, 0.25) is 0 Å². The highest BCUT2D eigenvalue weighted by molar-refractivity contribution is 7.12. The first-order valence-corrected chi connectivity index (χ1v) is 9.61. The van der Waals surface area contributed by atoms with Gasteiger partial charge < -0.3 is 14.8 Å². The number of anilines is 1. The summed E-state index contributed by atoms with van der Waals surface area (Å²) in [6, 6.07) is 14.4. The number of hydrogen-bond donors (Lipinski definition) is 1. The van der Waals surface area contributed by atoms with Gasteiger partial charge in [-0.25, -0.2) is 0 Å². The van der Waals surface area contributed by atoms with E-state index in [1.165, 1.54) is 18.3 Å². The minimum atomic E-state index is -0.195. The van der Waals surface area contributed by atoms with Gasteiger partial charge in [0, 0.05) is 16.8 Å². The molecule has 1 amide bonds. The molecule has 0 aliphatic heterocycles. The van der Waals surface area contributed by atoms with Gasteiger partial charge in [-0.15, -0.1) is 11.3 Å². The van der Waals surface area contributed by atoms with Crippen LogP contribution in [0.25, 0.3) is 0 Å². The maximum absolute atomic E-state index is 12.4. The smallest absolute Gasteiger partial charge is 0.265 e. The zero-order valence-electron chi connectivity index (χ0n) is 15.9. The van der Waals surface area contributed by atoms with Crippen LogP contribution in [0.3, 0.4) is 0 Å². The number of amides is 1. The van der Waals surface area contributed by atoms with Crippen molar-refractivity contribution in [3.63, 3.8) is 0 Å². The second-order valence-corrected chi connectivity index (χ2v) is 7.26. The van der Waals surface area contributed by atoms with Gasteiger partial charge in [-0.05, 0) is 67.3 Å². The molecule has 1 heterocycles. The van der Waals surface area contributed by atoms with Crippen LogP contribution in [-0.4, -0.2) is 18.8 Å². The van der Waals surface area contributed by atoms with Gasteiger partial charge in [0.1, 0.15) is 6.61 Å². The fourth-order valence-electron chi connectivity index (χ4n) is 2.61. The van der Waals surface area contributed by atoms with Gasteiger partial charge in [0.25, 0.3) is 5.91 Å². The lowest BCUT2D eigenvalue weighted by Crippen LogP contribution is -2.10. The Morgan fingerprint density at radius 1 is 1.04 bits per heavy atom. The summed E-state index contributed by atoms with van der Waals surface area (Å²) in [5, 5.41) is 4.73. The topological polar surface area (TPSA) is 64.6 Å². The molecule has 6 heteroatoms. The summed E-state index contributed by atoms with van der Waals surface area (Å²) in [5.41, 5.74) is 3.26. The molecular weight excluding hydrogens is 374 g/mol. The van der Waals surface area contributed by atoms with Crippen molar-refractivity contribution in [1.29, 1.82) is 0 Å². The van der Waals surface area contributed by atoms with Crippen LogP contribution in [0.5, 0.6) is 11.5 Å². The van der Waals surface area contributed by atoms with Gasteiger partial charge in [0.05, 0.1) is 12.0 Å². The first-order valence-electron chi connectivity index (χ1n) is 8.73. The summed E-state index contributed by atoms with van der Waals surface area (Å²) >= 11 is 1.36. The molecule has 5 nitrogen and oxygen atoms in total. The van der Waals surface area contributed by atoms with Gasteiger partial charge in [-0.1, -0.05) is 6.07 Å². The van der Waals surface area contributed by atoms with Crippen molar-refractivity contribution in [2.75, 3.05) is 12.4 Å². The monoisotopic (exact) mass is 395 g/mol. The largest absolute Gasteiger partial charge is 0.493 e. The molecule has 0 aliphatic rings.